The monoisotopic (exact) mass is 277 g/mol. The van der Waals surface area contributed by atoms with Crippen LogP contribution in [0.1, 0.15) is 44.6 Å². The number of carbonyl (C=O) groups excluding carboxylic acids is 1. The second kappa shape index (κ2) is 10.4. The maximum absolute atomic E-state index is 11.8. The molecule has 0 spiro atoms. The normalized spacial score (nSPS) is 10.5. The lowest BCUT2D eigenvalue weighted by Crippen LogP contribution is -2.13. The fourth-order valence-corrected chi connectivity index (χ4v) is 2.04. The fraction of sp³-hybridized carbons (Fsp3) is 0.562. The molecule has 0 aliphatic carbocycles. The van der Waals surface area contributed by atoms with Gasteiger partial charge in [-0.3, -0.25) is 4.79 Å². The number of anilines is 1. The van der Waals surface area contributed by atoms with Crippen molar-refractivity contribution in [3.8, 4) is 0 Å². The van der Waals surface area contributed by atoms with Crippen molar-refractivity contribution in [1.29, 1.82) is 0 Å². The van der Waals surface area contributed by atoms with E-state index >= 15 is 0 Å². The van der Waals surface area contributed by atoms with Gasteiger partial charge in [0.1, 0.15) is 0 Å². The Morgan fingerprint density at radius 3 is 2.75 bits per heavy atom. The lowest BCUT2D eigenvalue weighted by Gasteiger charge is -2.08. The highest BCUT2D eigenvalue weighted by Crippen LogP contribution is 2.12. The van der Waals surface area contributed by atoms with Crippen molar-refractivity contribution in [3.63, 3.8) is 0 Å². The Balaban J connectivity index is 2.30. The molecule has 1 amide bonds. The molecule has 0 aromatic heterocycles. The standard InChI is InChI=1S/C16H27N3O/c1-2-18-13-14-8-7-9-15(12-14)19-16(20)10-5-3-4-6-11-17/h7-9,12,18H,2-6,10-11,13,17H2,1H3,(H,19,20). The zero-order chi connectivity index (χ0) is 14.6. The number of nitrogens with one attached hydrogen (secondary N) is 2. The predicted molar refractivity (Wildman–Crippen MR) is 84.6 cm³/mol. The van der Waals surface area contributed by atoms with Crippen LogP contribution < -0.4 is 16.4 Å². The molecule has 0 aliphatic rings. The summed E-state index contributed by atoms with van der Waals surface area (Å²) < 4.78 is 0. The van der Waals surface area contributed by atoms with Crippen molar-refractivity contribution in [2.24, 2.45) is 5.73 Å². The Morgan fingerprint density at radius 2 is 2.00 bits per heavy atom. The zero-order valence-corrected chi connectivity index (χ0v) is 12.5. The van der Waals surface area contributed by atoms with Crippen LogP contribution in [0, 0.1) is 0 Å². The van der Waals surface area contributed by atoms with E-state index in [1.165, 1.54) is 5.56 Å². The first kappa shape index (κ1) is 16.7. The first-order chi connectivity index (χ1) is 9.76. The Morgan fingerprint density at radius 1 is 1.20 bits per heavy atom. The Hall–Kier alpha value is -1.39. The summed E-state index contributed by atoms with van der Waals surface area (Å²) in [6.45, 7) is 4.60. The number of hydrogen-bond donors (Lipinski definition) is 3. The van der Waals surface area contributed by atoms with E-state index in [2.05, 4.69) is 23.6 Å². The Bertz CT molecular complexity index is 393. The van der Waals surface area contributed by atoms with Gasteiger partial charge in [0, 0.05) is 18.7 Å². The van der Waals surface area contributed by atoms with Gasteiger partial charge >= 0.3 is 0 Å². The summed E-state index contributed by atoms with van der Waals surface area (Å²) in [5.74, 6) is 0.0957. The average Bonchev–Trinajstić information content (AvgIpc) is 2.45. The molecule has 0 unspecified atom stereocenters. The molecular formula is C16H27N3O. The van der Waals surface area contributed by atoms with E-state index in [0.717, 1.165) is 51.0 Å². The number of nitrogens with two attached hydrogens (primary N) is 1. The third-order valence-corrected chi connectivity index (χ3v) is 3.15. The van der Waals surface area contributed by atoms with E-state index in [9.17, 15) is 4.79 Å². The summed E-state index contributed by atoms with van der Waals surface area (Å²) in [6.07, 6.45) is 4.76. The minimum absolute atomic E-state index is 0.0957. The van der Waals surface area contributed by atoms with E-state index in [0.29, 0.717) is 6.42 Å². The predicted octanol–water partition coefficient (Wildman–Crippen LogP) is 2.64. The van der Waals surface area contributed by atoms with Crippen LogP contribution in [-0.2, 0) is 11.3 Å². The minimum Gasteiger partial charge on any atom is -0.330 e. The number of amides is 1. The van der Waals surface area contributed by atoms with Gasteiger partial charge in [-0.1, -0.05) is 31.9 Å². The Labute approximate surface area is 122 Å². The Kier molecular flexibility index (Phi) is 8.67. The lowest BCUT2D eigenvalue weighted by atomic mass is 10.1. The van der Waals surface area contributed by atoms with Crippen LogP contribution in [0.4, 0.5) is 5.69 Å². The van der Waals surface area contributed by atoms with Gasteiger partial charge in [-0.25, -0.2) is 0 Å². The fourth-order valence-electron chi connectivity index (χ4n) is 2.04. The molecule has 20 heavy (non-hydrogen) atoms. The van der Waals surface area contributed by atoms with Crippen LogP contribution in [0.25, 0.3) is 0 Å². The van der Waals surface area contributed by atoms with E-state index in [-0.39, 0.29) is 5.91 Å². The first-order valence-corrected chi connectivity index (χ1v) is 7.56. The van der Waals surface area contributed by atoms with Gasteiger partial charge < -0.3 is 16.4 Å². The topological polar surface area (TPSA) is 67.1 Å². The average molecular weight is 277 g/mol. The molecule has 4 nitrogen and oxygen atoms in total. The molecule has 112 valence electrons. The largest absolute Gasteiger partial charge is 0.330 e. The molecule has 0 fully saturated rings. The van der Waals surface area contributed by atoms with Crippen LogP contribution in [0.5, 0.6) is 0 Å². The molecule has 0 radical (unpaired) electrons. The molecule has 0 bridgehead atoms. The van der Waals surface area contributed by atoms with Crippen LogP contribution in [0.3, 0.4) is 0 Å². The van der Waals surface area contributed by atoms with E-state index in [4.69, 9.17) is 5.73 Å². The molecule has 0 atom stereocenters. The van der Waals surface area contributed by atoms with Crippen LogP contribution in [0.15, 0.2) is 24.3 Å². The van der Waals surface area contributed by atoms with Crippen molar-refractivity contribution >= 4 is 11.6 Å². The molecule has 1 aromatic carbocycles. The number of rotatable bonds is 10. The molecule has 0 heterocycles. The van der Waals surface area contributed by atoms with Crippen LogP contribution >= 0.6 is 0 Å². The third-order valence-electron chi connectivity index (χ3n) is 3.15. The van der Waals surface area contributed by atoms with Gasteiger partial charge in [0.15, 0.2) is 0 Å². The molecular weight excluding hydrogens is 250 g/mol. The summed E-state index contributed by atoms with van der Waals surface area (Å²) in [4.78, 5) is 11.8. The van der Waals surface area contributed by atoms with Gasteiger partial charge in [-0.2, -0.15) is 0 Å². The maximum atomic E-state index is 11.8. The summed E-state index contributed by atoms with van der Waals surface area (Å²) in [5.41, 5.74) is 7.51. The minimum atomic E-state index is 0.0957. The van der Waals surface area contributed by atoms with Crippen molar-refractivity contribution in [2.45, 2.75) is 45.6 Å². The highest BCUT2D eigenvalue weighted by Gasteiger charge is 2.03. The van der Waals surface area contributed by atoms with Crippen molar-refractivity contribution in [2.75, 3.05) is 18.4 Å². The van der Waals surface area contributed by atoms with Gasteiger partial charge in [0.2, 0.25) is 5.91 Å². The van der Waals surface area contributed by atoms with Crippen LogP contribution in [-0.4, -0.2) is 19.0 Å². The summed E-state index contributed by atoms with van der Waals surface area (Å²) >= 11 is 0. The number of benzene rings is 1. The lowest BCUT2D eigenvalue weighted by molar-refractivity contribution is -0.116. The number of hydrogen-bond acceptors (Lipinski definition) is 3. The van der Waals surface area contributed by atoms with E-state index < -0.39 is 0 Å². The van der Waals surface area contributed by atoms with Gasteiger partial charge in [0.05, 0.1) is 0 Å². The van der Waals surface area contributed by atoms with Crippen molar-refractivity contribution in [1.82, 2.24) is 5.32 Å². The molecule has 1 rings (SSSR count). The summed E-state index contributed by atoms with van der Waals surface area (Å²) in [6, 6.07) is 7.99. The number of carbonyl (C=O) groups is 1. The summed E-state index contributed by atoms with van der Waals surface area (Å²) in [5, 5.41) is 6.23. The summed E-state index contributed by atoms with van der Waals surface area (Å²) in [7, 11) is 0. The second-order valence-electron chi connectivity index (χ2n) is 4.98. The van der Waals surface area contributed by atoms with Gasteiger partial charge in [-0.15, -0.1) is 0 Å². The quantitative estimate of drug-likeness (QED) is 0.576. The van der Waals surface area contributed by atoms with Gasteiger partial charge in [0.25, 0.3) is 0 Å². The van der Waals surface area contributed by atoms with E-state index in [1.807, 2.05) is 18.2 Å². The molecule has 0 saturated carbocycles. The second-order valence-corrected chi connectivity index (χ2v) is 4.98. The van der Waals surface area contributed by atoms with Crippen molar-refractivity contribution in [3.05, 3.63) is 29.8 Å². The molecule has 4 heteroatoms. The maximum Gasteiger partial charge on any atom is 0.224 e. The molecule has 0 aliphatic heterocycles. The molecule has 4 N–H and O–H groups in total. The third kappa shape index (κ3) is 7.26. The zero-order valence-electron chi connectivity index (χ0n) is 12.5. The highest BCUT2D eigenvalue weighted by atomic mass is 16.1. The highest BCUT2D eigenvalue weighted by molar-refractivity contribution is 5.90. The molecule has 0 saturated heterocycles. The molecule has 1 aromatic rings. The SMILES string of the molecule is CCNCc1cccc(NC(=O)CCCCCCN)c1. The number of unbranched alkanes of at least 4 members (excludes halogenated alkanes) is 3. The smallest absolute Gasteiger partial charge is 0.224 e. The van der Waals surface area contributed by atoms with Gasteiger partial charge in [-0.05, 0) is 43.6 Å². The van der Waals surface area contributed by atoms with E-state index in [1.54, 1.807) is 0 Å². The first-order valence-electron chi connectivity index (χ1n) is 7.56. The van der Waals surface area contributed by atoms with Crippen LogP contribution in [0.2, 0.25) is 0 Å². The van der Waals surface area contributed by atoms with Crippen molar-refractivity contribution < 1.29 is 4.79 Å².